The van der Waals surface area contributed by atoms with Crippen molar-refractivity contribution in [2.45, 2.75) is 6.54 Å². The Labute approximate surface area is 96.6 Å². The number of nitrogens with one attached hydrogen (secondary N) is 1. The van der Waals surface area contributed by atoms with Crippen LogP contribution in [0, 0.1) is 11.3 Å². The third-order valence-electron chi connectivity index (χ3n) is 2.03. The highest BCUT2D eigenvalue weighted by molar-refractivity contribution is 7.07. The first-order valence-corrected chi connectivity index (χ1v) is 5.51. The largest absolute Gasteiger partial charge is 0.395 e. The molecule has 80 valence electrons. The van der Waals surface area contributed by atoms with E-state index in [4.69, 9.17) is 11.0 Å². The minimum absolute atomic E-state index is 0.375. The summed E-state index contributed by atoms with van der Waals surface area (Å²) in [6.45, 7) is 0.551. The Balaban J connectivity index is 2.13. The molecule has 0 saturated heterocycles. The van der Waals surface area contributed by atoms with Crippen molar-refractivity contribution in [1.29, 1.82) is 5.26 Å². The van der Waals surface area contributed by atoms with E-state index in [0.29, 0.717) is 23.6 Å². The van der Waals surface area contributed by atoms with E-state index in [2.05, 4.69) is 15.3 Å². The highest BCUT2D eigenvalue weighted by Gasteiger charge is 2.05. The van der Waals surface area contributed by atoms with Crippen molar-refractivity contribution in [2.75, 3.05) is 11.1 Å². The monoisotopic (exact) mass is 231 g/mol. The normalized spacial score (nSPS) is 9.69. The third-order valence-corrected chi connectivity index (χ3v) is 2.67. The van der Waals surface area contributed by atoms with Gasteiger partial charge in [-0.15, -0.1) is 11.3 Å². The van der Waals surface area contributed by atoms with Crippen molar-refractivity contribution in [3.63, 3.8) is 0 Å². The lowest BCUT2D eigenvalue weighted by Crippen LogP contribution is -2.05. The molecule has 0 saturated carbocycles. The summed E-state index contributed by atoms with van der Waals surface area (Å²) in [7, 11) is 0. The van der Waals surface area contributed by atoms with Crippen LogP contribution in [0.25, 0.3) is 0 Å². The molecular formula is C10H9N5S. The summed E-state index contributed by atoms with van der Waals surface area (Å²) in [5.41, 5.74) is 9.26. The number of hydrogen-bond acceptors (Lipinski definition) is 6. The van der Waals surface area contributed by atoms with E-state index in [9.17, 15) is 0 Å². The van der Waals surface area contributed by atoms with Gasteiger partial charge in [0.25, 0.3) is 0 Å². The molecule has 16 heavy (non-hydrogen) atoms. The fraction of sp³-hybridized carbons (Fsp3) is 0.100. The van der Waals surface area contributed by atoms with E-state index in [1.54, 1.807) is 17.8 Å². The van der Waals surface area contributed by atoms with Crippen LogP contribution in [0.4, 0.5) is 11.5 Å². The summed E-state index contributed by atoms with van der Waals surface area (Å²) < 4.78 is 0. The molecule has 0 spiro atoms. The molecule has 3 N–H and O–H groups in total. The second-order valence-corrected chi connectivity index (χ2v) is 3.78. The number of pyridine rings is 1. The number of nitrogens with two attached hydrogens (primary N) is 1. The zero-order valence-corrected chi connectivity index (χ0v) is 9.16. The number of aromatic nitrogens is 2. The molecule has 2 heterocycles. The van der Waals surface area contributed by atoms with Crippen molar-refractivity contribution < 1.29 is 0 Å². The quantitative estimate of drug-likeness (QED) is 0.837. The van der Waals surface area contributed by atoms with Crippen LogP contribution in [0.15, 0.2) is 23.2 Å². The molecule has 0 unspecified atom stereocenters. The lowest BCUT2D eigenvalue weighted by Gasteiger charge is -2.07. The van der Waals surface area contributed by atoms with E-state index >= 15 is 0 Å². The SMILES string of the molecule is N#Cc1ccnc(NCc2cscn2)c1N. The van der Waals surface area contributed by atoms with Crippen LogP contribution < -0.4 is 11.1 Å². The molecule has 0 aliphatic rings. The molecule has 0 amide bonds. The van der Waals surface area contributed by atoms with Crippen molar-refractivity contribution >= 4 is 22.8 Å². The van der Waals surface area contributed by atoms with Crippen LogP contribution in [0.5, 0.6) is 0 Å². The number of nitrogens with zero attached hydrogens (tertiary/aromatic N) is 3. The molecule has 5 nitrogen and oxygen atoms in total. The van der Waals surface area contributed by atoms with E-state index in [1.165, 1.54) is 11.3 Å². The summed E-state index contributed by atoms with van der Waals surface area (Å²) >= 11 is 1.53. The number of nitrogen functional groups attached to an aromatic ring is 1. The van der Waals surface area contributed by atoms with Crippen LogP contribution in [0.1, 0.15) is 11.3 Å². The maximum absolute atomic E-state index is 8.80. The Morgan fingerprint density at radius 3 is 3.06 bits per heavy atom. The Hall–Kier alpha value is -2.13. The van der Waals surface area contributed by atoms with Crippen LogP contribution >= 0.6 is 11.3 Å². The third kappa shape index (κ3) is 2.10. The predicted molar refractivity (Wildman–Crippen MR) is 62.8 cm³/mol. The van der Waals surface area contributed by atoms with Gasteiger partial charge in [0.05, 0.1) is 29.0 Å². The smallest absolute Gasteiger partial charge is 0.150 e. The van der Waals surface area contributed by atoms with Crippen LogP contribution in [-0.4, -0.2) is 9.97 Å². The zero-order chi connectivity index (χ0) is 11.4. The summed E-state index contributed by atoms with van der Waals surface area (Å²) in [5, 5.41) is 13.8. The second kappa shape index (κ2) is 4.59. The van der Waals surface area contributed by atoms with Gasteiger partial charge in [0.2, 0.25) is 0 Å². The zero-order valence-electron chi connectivity index (χ0n) is 8.34. The maximum Gasteiger partial charge on any atom is 0.150 e. The topological polar surface area (TPSA) is 87.6 Å². The molecule has 0 aliphatic carbocycles. The van der Waals surface area contributed by atoms with E-state index < -0.39 is 0 Å². The van der Waals surface area contributed by atoms with Gasteiger partial charge >= 0.3 is 0 Å². The van der Waals surface area contributed by atoms with Gasteiger partial charge < -0.3 is 11.1 Å². The Kier molecular flexibility index (Phi) is 2.98. The molecule has 2 aromatic rings. The Bertz CT molecular complexity index is 515. The highest BCUT2D eigenvalue weighted by Crippen LogP contribution is 2.19. The van der Waals surface area contributed by atoms with Gasteiger partial charge in [0.1, 0.15) is 6.07 Å². The number of nitriles is 1. The highest BCUT2D eigenvalue weighted by atomic mass is 32.1. The lowest BCUT2D eigenvalue weighted by molar-refractivity contribution is 1.05. The standard InChI is InChI=1S/C10H9N5S/c11-3-7-1-2-13-10(9(7)12)14-4-8-5-16-6-15-8/h1-2,5-6H,4,12H2,(H,13,14). The van der Waals surface area contributed by atoms with Gasteiger partial charge in [0.15, 0.2) is 5.82 Å². The number of hydrogen-bond donors (Lipinski definition) is 2. The fourth-order valence-electron chi connectivity index (χ4n) is 1.21. The molecule has 0 aromatic carbocycles. The molecule has 0 radical (unpaired) electrons. The first-order chi connectivity index (χ1) is 7.81. The molecular weight excluding hydrogens is 222 g/mol. The van der Waals surface area contributed by atoms with Crippen LogP contribution in [-0.2, 0) is 6.54 Å². The molecule has 2 rings (SSSR count). The second-order valence-electron chi connectivity index (χ2n) is 3.07. The minimum atomic E-state index is 0.375. The van der Waals surface area contributed by atoms with Gasteiger partial charge in [-0.2, -0.15) is 5.26 Å². The van der Waals surface area contributed by atoms with Gasteiger partial charge in [-0.05, 0) is 6.07 Å². The molecule has 2 aromatic heterocycles. The van der Waals surface area contributed by atoms with Crippen LogP contribution in [0.2, 0.25) is 0 Å². The molecule has 0 fully saturated rings. The van der Waals surface area contributed by atoms with Crippen molar-refractivity contribution in [3.8, 4) is 6.07 Å². The Morgan fingerprint density at radius 1 is 1.50 bits per heavy atom. The number of thiazole rings is 1. The molecule has 6 heteroatoms. The van der Waals surface area contributed by atoms with E-state index in [0.717, 1.165) is 5.69 Å². The molecule has 0 bridgehead atoms. The average molecular weight is 231 g/mol. The van der Waals surface area contributed by atoms with Crippen LogP contribution in [0.3, 0.4) is 0 Å². The van der Waals surface area contributed by atoms with Gasteiger partial charge in [0, 0.05) is 11.6 Å². The van der Waals surface area contributed by atoms with Gasteiger partial charge in [-0.25, -0.2) is 9.97 Å². The summed E-state index contributed by atoms with van der Waals surface area (Å²) in [6, 6.07) is 3.60. The van der Waals surface area contributed by atoms with Gasteiger partial charge in [-0.3, -0.25) is 0 Å². The summed E-state index contributed by atoms with van der Waals surface area (Å²) in [5.74, 6) is 0.520. The van der Waals surface area contributed by atoms with Gasteiger partial charge in [-0.1, -0.05) is 0 Å². The predicted octanol–water partition coefficient (Wildman–Crippen LogP) is 1.60. The first kappa shape index (κ1) is 10.4. The molecule has 0 aliphatic heterocycles. The minimum Gasteiger partial charge on any atom is -0.395 e. The lowest BCUT2D eigenvalue weighted by atomic mass is 10.2. The first-order valence-electron chi connectivity index (χ1n) is 4.57. The average Bonchev–Trinajstić information content (AvgIpc) is 2.81. The number of anilines is 2. The summed E-state index contributed by atoms with van der Waals surface area (Å²) in [6.07, 6.45) is 1.55. The van der Waals surface area contributed by atoms with E-state index in [1.807, 2.05) is 11.4 Å². The summed E-state index contributed by atoms with van der Waals surface area (Å²) in [4.78, 5) is 8.20. The van der Waals surface area contributed by atoms with Crippen molar-refractivity contribution in [1.82, 2.24) is 9.97 Å². The fourth-order valence-corrected chi connectivity index (χ4v) is 1.77. The van der Waals surface area contributed by atoms with E-state index in [-0.39, 0.29) is 0 Å². The van der Waals surface area contributed by atoms with Crippen molar-refractivity contribution in [3.05, 3.63) is 34.4 Å². The number of rotatable bonds is 3. The Morgan fingerprint density at radius 2 is 2.38 bits per heavy atom. The molecule has 0 atom stereocenters. The van der Waals surface area contributed by atoms with Crippen molar-refractivity contribution in [2.24, 2.45) is 0 Å². The maximum atomic E-state index is 8.80.